The second-order valence-corrected chi connectivity index (χ2v) is 2.88. The Labute approximate surface area is 74.4 Å². The third-order valence-corrected chi connectivity index (χ3v) is 1.99. The molecule has 0 amide bonds. The van der Waals surface area contributed by atoms with Gasteiger partial charge in [0.2, 0.25) is 0 Å². The summed E-state index contributed by atoms with van der Waals surface area (Å²) in [5, 5.41) is 18.5. The zero-order valence-corrected chi connectivity index (χ0v) is 6.78. The van der Waals surface area contributed by atoms with Crippen molar-refractivity contribution in [2.75, 3.05) is 6.61 Å². The fraction of sp³-hybridized carbons (Fsp3) is 0.222. The molecule has 0 aromatic heterocycles. The van der Waals surface area contributed by atoms with Crippen molar-refractivity contribution in [1.82, 2.24) is 0 Å². The second kappa shape index (κ2) is 2.65. The minimum absolute atomic E-state index is 0.0362. The van der Waals surface area contributed by atoms with E-state index in [0.29, 0.717) is 18.6 Å². The van der Waals surface area contributed by atoms with Crippen molar-refractivity contribution in [3.8, 4) is 11.5 Å². The molecule has 0 saturated heterocycles. The molecule has 68 valence electrons. The van der Waals surface area contributed by atoms with Crippen molar-refractivity contribution in [2.24, 2.45) is 0 Å². The van der Waals surface area contributed by atoms with Crippen LogP contribution in [0.25, 0.3) is 0 Å². The average molecular weight is 180 g/mol. The highest BCUT2D eigenvalue weighted by atomic mass is 16.5. The van der Waals surface area contributed by atoms with Gasteiger partial charge in [-0.2, -0.15) is 0 Å². The Balaban J connectivity index is 2.63. The number of cyclic esters (lactones) is 1. The Morgan fingerprint density at radius 1 is 1.31 bits per heavy atom. The molecule has 2 rings (SSSR count). The normalized spacial score (nSPS) is 14.9. The number of carbonyl (C=O) groups excluding carboxylic acids is 1. The van der Waals surface area contributed by atoms with E-state index in [0.717, 1.165) is 6.07 Å². The average Bonchev–Trinajstić information content (AvgIpc) is 2.02. The molecule has 2 N–H and O–H groups in total. The lowest BCUT2D eigenvalue weighted by Gasteiger charge is -2.16. The number of fused-ring (bicyclic) bond motifs is 1. The van der Waals surface area contributed by atoms with Gasteiger partial charge in [-0.05, 0) is 11.6 Å². The van der Waals surface area contributed by atoms with Gasteiger partial charge in [0, 0.05) is 12.5 Å². The van der Waals surface area contributed by atoms with Crippen molar-refractivity contribution in [1.29, 1.82) is 0 Å². The van der Waals surface area contributed by atoms with Gasteiger partial charge in [0.05, 0.1) is 6.61 Å². The van der Waals surface area contributed by atoms with Crippen LogP contribution in [-0.4, -0.2) is 22.8 Å². The zero-order valence-electron chi connectivity index (χ0n) is 6.78. The number of benzene rings is 1. The molecule has 13 heavy (non-hydrogen) atoms. The van der Waals surface area contributed by atoms with Gasteiger partial charge in [-0.1, -0.05) is 0 Å². The summed E-state index contributed by atoms with van der Waals surface area (Å²) in [5.74, 6) is -0.788. The third kappa shape index (κ3) is 1.20. The van der Waals surface area contributed by atoms with E-state index < -0.39 is 5.97 Å². The van der Waals surface area contributed by atoms with E-state index in [1.807, 2.05) is 0 Å². The van der Waals surface area contributed by atoms with Crippen molar-refractivity contribution >= 4 is 5.97 Å². The molecule has 0 unspecified atom stereocenters. The van der Waals surface area contributed by atoms with Gasteiger partial charge in [0.1, 0.15) is 17.1 Å². The number of hydrogen-bond acceptors (Lipinski definition) is 4. The highest BCUT2D eigenvalue weighted by Gasteiger charge is 2.22. The number of esters is 1. The first-order chi connectivity index (χ1) is 6.18. The molecule has 0 atom stereocenters. The SMILES string of the molecule is O=C1OCCc2cc(O)cc(O)c21. The van der Waals surface area contributed by atoms with Gasteiger partial charge in [-0.15, -0.1) is 0 Å². The molecule has 0 fully saturated rings. The number of carbonyl (C=O) groups is 1. The van der Waals surface area contributed by atoms with Crippen LogP contribution in [0.1, 0.15) is 15.9 Å². The van der Waals surface area contributed by atoms with E-state index in [1.165, 1.54) is 6.07 Å². The van der Waals surface area contributed by atoms with Crippen LogP contribution in [0.15, 0.2) is 12.1 Å². The number of rotatable bonds is 0. The molecule has 0 saturated carbocycles. The molecule has 0 spiro atoms. The molecule has 0 radical (unpaired) electrons. The fourth-order valence-corrected chi connectivity index (χ4v) is 1.43. The molecule has 1 aromatic rings. The van der Waals surface area contributed by atoms with Crippen LogP contribution in [0.2, 0.25) is 0 Å². The summed E-state index contributed by atoms with van der Waals surface area (Å²) in [6.45, 7) is 0.300. The van der Waals surface area contributed by atoms with Crippen molar-refractivity contribution in [2.45, 2.75) is 6.42 Å². The number of phenols is 2. The topological polar surface area (TPSA) is 66.8 Å². The summed E-state index contributed by atoms with van der Waals surface area (Å²) in [7, 11) is 0. The number of ether oxygens (including phenoxy) is 1. The monoisotopic (exact) mass is 180 g/mol. The maximum atomic E-state index is 11.2. The first-order valence-electron chi connectivity index (χ1n) is 3.90. The van der Waals surface area contributed by atoms with Gasteiger partial charge in [0.15, 0.2) is 0 Å². The van der Waals surface area contributed by atoms with Crippen molar-refractivity contribution in [3.05, 3.63) is 23.3 Å². The molecular formula is C9H8O4. The Morgan fingerprint density at radius 2 is 2.08 bits per heavy atom. The van der Waals surface area contributed by atoms with Crippen molar-refractivity contribution < 1.29 is 19.7 Å². The molecule has 0 bridgehead atoms. The Morgan fingerprint density at radius 3 is 2.85 bits per heavy atom. The van der Waals surface area contributed by atoms with Gasteiger partial charge < -0.3 is 14.9 Å². The van der Waals surface area contributed by atoms with E-state index in [1.54, 1.807) is 0 Å². The van der Waals surface area contributed by atoms with Crippen LogP contribution < -0.4 is 0 Å². The second-order valence-electron chi connectivity index (χ2n) is 2.88. The van der Waals surface area contributed by atoms with Gasteiger partial charge in [-0.3, -0.25) is 0 Å². The lowest BCUT2D eigenvalue weighted by molar-refractivity contribution is 0.0476. The molecular weight excluding hydrogens is 172 g/mol. The fourth-order valence-electron chi connectivity index (χ4n) is 1.43. The lowest BCUT2D eigenvalue weighted by atomic mass is 10.0. The van der Waals surface area contributed by atoms with Gasteiger partial charge in [-0.25, -0.2) is 4.79 Å². The van der Waals surface area contributed by atoms with Crippen LogP contribution in [0.4, 0.5) is 0 Å². The summed E-state index contributed by atoms with van der Waals surface area (Å²) in [6.07, 6.45) is 0.531. The molecule has 4 heteroatoms. The molecule has 1 aliphatic heterocycles. The molecule has 0 aliphatic carbocycles. The van der Waals surface area contributed by atoms with Gasteiger partial charge >= 0.3 is 5.97 Å². The van der Waals surface area contributed by atoms with Crippen LogP contribution >= 0.6 is 0 Å². The van der Waals surface area contributed by atoms with E-state index in [9.17, 15) is 9.90 Å². The highest BCUT2D eigenvalue weighted by Crippen LogP contribution is 2.30. The standard InChI is InChI=1S/C9H8O4/c10-6-3-5-1-2-13-9(12)8(5)7(11)4-6/h3-4,10-11H,1-2H2. The summed E-state index contributed by atoms with van der Waals surface area (Å²) < 4.78 is 4.74. The quantitative estimate of drug-likeness (QED) is 0.580. The number of aromatic hydroxyl groups is 2. The number of phenolic OH excluding ortho intramolecular Hbond substituents is 2. The molecule has 1 heterocycles. The largest absolute Gasteiger partial charge is 0.508 e. The minimum Gasteiger partial charge on any atom is -0.508 e. The van der Waals surface area contributed by atoms with Crippen LogP contribution in [0.3, 0.4) is 0 Å². The lowest BCUT2D eigenvalue weighted by Crippen LogP contribution is -2.17. The van der Waals surface area contributed by atoms with Crippen LogP contribution in [-0.2, 0) is 11.2 Å². The third-order valence-electron chi connectivity index (χ3n) is 1.99. The van der Waals surface area contributed by atoms with E-state index in [-0.39, 0.29) is 17.1 Å². The maximum Gasteiger partial charge on any atom is 0.342 e. The molecule has 4 nitrogen and oxygen atoms in total. The Hall–Kier alpha value is -1.71. The maximum absolute atomic E-state index is 11.2. The Bertz CT molecular complexity index is 370. The van der Waals surface area contributed by atoms with Crippen LogP contribution in [0, 0.1) is 0 Å². The summed E-state index contributed by atoms with van der Waals surface area (Å²) in [6, 6.07) is 2.60. The summed E-state index contributed by atoms with van der Waals surface area (Å²) >= 11 is 0. The van der Waals surface area contributed by atoms with Gasteiger partial charge in [0.25, 0.3) is 0 Å². The highest BCUT2D eigenvalue weighted by molar-refractivity contribution is 5.95. The predicted molar refractivity (Wildman–Crippen MR) is 43.8 cm³/mol. The molecule has 1 aromatic carbocycles. The first-order valence-corrected chi connectivity index (χ1v) is 3.90. The van der Waals surface area contributed by atoms with E-state index >= 15 is 0 Å². The molecule has 1 aliphatic rings. The Kier molecular flexibility index (Phi) is 1.62. The number of hydrogen-bond donors (Lipinski definition) is 2. The zero-order chi connectivity index (χ0) is 9.42. The van der Waals surface area contributed by atoms with Crippen molar-refractivity contribution in [3.63, 3.8) is 0 Å². The predicted octanol–water partition coefficient (Wildman–Crippen LogP) is 0.811. The summed E-state index contributed by atoms with van der Waals surface area (Å²) in [4.78, 5) is 11.2. The van der Waals surface area contributed by atoms with Crippen LogP contribution in [0.5, 0.6) is 11.5 Å². The first kappa shape index (κ1) is 7.91. The minimum atomic E-state index is -0.529. The summed E-state index contributed by atoms with van der Waals surface area (Å²) in [5.41, 5.74) is 0.804. The van der Waals surface area contributed by atoms with E-state index in [2.05, 4.69) is 0 Å². The van der Waals surface area contributed by atoms with E-state index in [4.69, 9.17) is 9.84 Å². The smallest absolute Gasteiger partial charge is 0.342 e.